The van der Waals surface area contributed by atoms with E-state index in [9.17, 15) is 14.0 Å². The number of nitrogens with zero attached hydrogens (tertiary/aromatic N) is 6. The van der Waals surface area contributed by atoms with E-state index in [0.29, 0.717) is 22.7 Å². The second-order valence-electron chi connectivity index (χ2n) is 7.90. The summed E-state index contributed by atoms with van der Waals surface area (Å²) in [5.41, 5.74) is 0.858. The summed E-state index contributed by atoms with van der Waals surface area (Å²) in [5, 5.41) is 14.8. The van der Waals surface area contributed by atoms with E-state index in [2.05, 4.69) is 20.6 Å². The lowest BCUT2D eigenvalue weighted by atomic mass is 9.96. The summed E-state index contributed by atoms with van der Waals surface area (Å²) in [5.74, 6) is -0.364. The predicted molar refractivity (Wildman–Crippen MR) is 106 cm³/mol. The molecule has 152 valence electrons. The molecule has 29 heavy (non-hydrogen) atoms. The van der Waals surface area contributed by atoms with Crippen LogP contribution in [0.5, 0.6) is 0 Å². The van der Waals surface area contributed by atoms with Crippen molar-refractivity contribution in [3.05, 3.63) is 46.8 Å². The first-order valence-corrected chi connectivity index (χ1v) is 9.37. The van der Waals surface area contributed by atoms with E-state index in [4.69, 9.17) is 0 Å². The zero-order valence-electron chi connectivity index (χ0n) is 16.5. The second kappa shape index (κ2) is 6.94. The molecule has 0 aromatic carbocycles. The van der Waals surface area contributed by atoms with Crippen LogP contribution in [-0.4, -0.2) is 49.0 Å². The number of hydrogen-bond donors (Lipinski definition) is 1. The Balaban J connectivity index is 1.53. The standard InChI is InChI=1S/C19H22FN7O2/c1-12(2)18-14(26-9-19(3,20)10-26)6-17(29)27(24-18)8-16(28)22-13-4-5-15-23-21-11-25(15)7-13/h4-7,11-12H,8-10H2,1-3H3,(H,22,28). The van der Waals surface area contributed by atoms with E-state index in [-0.39, 0.29) is 31.5 Å². The Morgan fingerprint density at radius 2 is 2.10 bits per heavy atom. The Hall–Kier alpha value is -3.30. The minimum Gasteiger partial charge on any atom is -0.363 e. The SMILES string of the molecule is CC(C)c1nn(CC(=O)Nc2ccc3nncn3c2)c(=O)cc1N1CC(C)(F)C1. The Labute approximate surface area is 166 Å². The maximum atomic E-state index is 13.9. The van der Waals surface area contributed by atoms with Crippen LogP contribution in [-0.2, 0) is 11.3 Å². The summed E-state index contributed by atoms with van der Waals surface area (Å²) in [6.45, 7) is 5.66. The largest absolute Gasteiger partial charge is 0.363 e. The summed E-state index contributed by atoms with van der Waals surface area (Å²) in [6, 6.07) is 4.87. The molecule has 4 heterocycles. The van der Waals surface area contributed by atoms with Crippen LogP contribution in [0, 0.1) is 0 Å². The fourth-order valence-corrected chi connectivity index (χ4v) is 3.43. The molecule has 0 atom stereocenters. The summed E-state index contributed by atoms with van der Waals surface area (Å²) >= 11 is 0. The molecule has 0 spiro atoms. The average Bonchev–Trinajstić information content (AvgIpc) is 3.08. The quantitative estimate of drug-likeness (QED) is 0.700. The van der Waals surface area contributed by atoms with Gasteiger partial charge in [0, 0.05) is 12.3 Å². The summed E-state index contributed by atoms with van der Waals surface area (Å²) in [6.07, 6.45) is 3.22. The number of halogens is 1. The summed E-state index contributed by atoms with van der Waals surface area (Å²) in [7, 11) is 0. The van der Waals surface area contributed by atoms with Crippen molar-refractivity contribution >= 4 is 22.9 Å². The highest BCUT2D eigenvalue weighted by Crippen LogP contribution is 2.33. The van der Waals surface area contributed by atoms with Crippen molar-refractivity contribution < 1.29 is 9.18 Å². The normalized spacial score (nSPS) is 15.6. The lowest BCUT2D eigenvalue weighted by Gasteiger charge is -2.44. The molecule has 0 saturated carbocycles. The zero-order valence-corrected chi connectivity index (χ0v) is 16.5. The van der Waals surface area contributed by atoms with E-state index in [1.165, 1.54) is 19.3 Å². The average molecular weight is 399 g/mol. The number of rotatable bonds is 5. The topological polar surface area (TPSA) is 97.4 Å². The van der Waals surface area contributed by atoms with Crippen molar-refractivity contribution in [1.82, 2.24) is 24.4 Å². The van der Waals surface area contributed by atoms with Gasteiger partial charge in [-0.2, -0.15) is 5.10 Å². The van der Waals surface area contributed by atoms with Crippen molar-refractivity contribution in [2.24, 2.45) is 0 Å². The van der Waals surface area contributed by atoms with Crippen molar-refractivity contribution in [2.45, 2.75) is 38.9 Å². The molecule has 9 nitrogen and oxygen atoms in total. The van der Waals surface area contributed by atoms with Gasteiger partial charge in [-0.25, -0.2) is 9.07 Å². The molecule has 1 aliphatic heterocycles. The fraction of sp³-hybridized carbons (Fsp3) is 0.421. The lowest BCUT2D eigenvalue weighted by Crippen LogP contribution is -2.58. The number of aromatic nitrogens is 5. The number of anilines is 2. The van der Waals surface area contributed by atoms with E-state index < -0.39 is 11.2 Å². The molecule has 3 aromatic rings. The first-order chi connectivity index (χ1) is 13.7. The van der Waals surface area contributed by atoms with Gasteiger partial charge < -0.3 is 10.2 Å². The van der Waals surface area contributed by atoms with Gasteiger partial charge in [0.25, 0.3) is 5.56 Å². The van der Waals surface area contributed by atoms with Crippen LogP contribution in [0.3, 0.4) is 0 Å². The van der Waals surface area contributed by atoms with Crippen LogP contribution < -0.4 is 15.8 Å². The van der Waals surface area contributed by atoms with Gasteiger partial charge in [0.2, 0.25) is 5.91 Å². The zero-order chi connectivity index (χ0) is 20.8. The van der Waals surface area contributed by atoms with Gasteiger partial charge in [0.15, 0.2) is 5.65 Å². The van der Waals surface area contributed by atoms with Gasteiger partial charge in [0.1, 0.15) is 18.5 Å². The van der Waals surface area contributed by atoms with Crippen molar-refractivity contribution in [3.8, 4) is 0 Å². The molecule has 1 fully saturated rings. The van der Waals surface area contributed by atoms with Crippen molar-refractivity contribution in [1.29, 1.82) is 0 Å². The lowest BCUT2D eigenvalue weighted by molar-refractivity contribution is -0.117. The van der Waals surface area contributed by atoms with Crippen molar-refractivity contribution in [3.63, 3.8) is 0 Å². The first kappa shape index (κ1) is 19.0. The minimum atomic E-state index is -1.26. The van der Waals surface area contributed by atoms with Crippen molar-refractivity contribution in [2.75, 3.05) is 23.3 Å². The molecule has 0 bridgehead atoms. The maximum Gasteiger partial charge on any atom is 0.269 e. The molecule has 1 N–H and O–H groups in total. The van der Waals surface area contributed by atoms with Gasteiger partial charge >= 0.3 is 0 Å². The second-order valence-corrected chi connectivity index (χ2v) is 7.90. The van der Waals surface area contributed by atoms with Crippen LogP contribution in [0.1, 0.15) is 32.4 Å². The number of alkyl halides is 1. The molecule has 0 radical (unpaired) electrons. The van der Waals surface area contributed by atoms with Gasteiger partial charge in [-0.1, -0.05) is 13.8 Å². The Bertz CT molecular complexity index is 1130. The molecule has 4 rings (SSSR count). The van der Waals surface area contributed by atoms with Crippen LogP contribution >= 0.6 is 0 Å². The van der Waals surface area contributed by atoms with Gasteiger partial charge in [-0.3, -0.25) is 14.0 Å². The Kier molecular flexibility index (Phi) is 4.56. The highest BCUT2D eigenvalue weighted by molar-refractivity contribution is 5.90. The van der Waals surface area contributed by atoms with Gasteiger partial charge in [-0.15, -0.1) is 10.2 Å². The monoisotopic (exact) mass is 399 g/mol. The van der Waals surface area contributed by atoms with Gasteiger partial charge in [0.05, 0.1) is 30.2 Å². The van der Waals surface area contributed by atoms with E-state index in [0.717, 1.165) is 4.68 Å². The number of hydrogen-bond acceptors (Lipinski definition) is 6. The van der Waals surface area contributed by atoms with Gasteiger partial charge in [-0.05, 0) is 25.0 Å². The number of amides is 1. The van der Waals surface area contributed by atoms with E-state index in [1.54, 1.807) is 22.7 Å². The van der Waals surface area contributed by atoms with Crippen LogP contribution in [0.15, 0.2) is 35.5 Å². The highest BCUT2D eigenvalue weighted by atomic mass is 19.1. The minimum absolute atomic E-state index is 0.0162. The van der Waals surface area contributed by atoms with Crippen LogP contribution in [0.2, 0.25) is 0 Å². The summed E-state index contributed by atoms with van der Waals surface area (Å²) < 4.78 is 16.7. The predicted octanol–water partition coefficient (Wildman–Crippen LogP) is 1.60. The molecule has 1 saturated heterocycles. The first-order valence-electron chi connectivity index (χ1n) is 9.37. The van der Waals surface area contributed by atoms with E-state index >= 15 is 0 Å². The smallest absolute Gasteiger partial charge is 0.269 e. The molecule has 1 aliphatic rings. The number of carbonyl (C=O) groups excluding carboxylic acids is 1. The molecule has 0 unspecified atom stereocenters. The molecule has 10 heteroatoms. The van der Waals surface area contributed by atoms with E-state index in [1.807, 2.05) is 18.7 Å². The third kappa shape index (κ3) is 3.82. The highest BCUT2D eigenvalue weighted by Gasteiger charge is 2.40. The molecule has 1 amide bonds. The number of pyridine rings is 1. The van der Waals surface area contributed by atoms with Crippen LogP contribution in [0.25, 0.3) is 5.65 Å². The Morgan fingerprint density at radius 1 is 1.34 bits per heavy atom. The molecular weight excluding hydrogens is 377 g/mol. The molecule has 3 aromatic heterocycles. The number of carbonyl (C=O) groups is 1. The molecular formula is C19H22FN7O2. The summed E-state index contributed by atoms with van der Waals surface area (Å²) in [4.78, 5) is 26.8. The Morgan fingerprint density at radius 3 is 2.79 bits per heavy atom. The third-order valence-corrected chi connectivity index (χ3v) is 4.80. The maximum absolute atomic E-state index is 13.9. The third-order valence-electron chi connectivity index (χ3n) is 4.80. The fourth-order valence-electron chi connectivity index (χ4n) is 3.43. The number of fused-ring (bicyclic) bond motifs is 1. The van der Waals surface area contributed by atoms with Crippen LogP contribution in [0.4, 0.5) is 15.8 Å². The molecule has 0 aliphatic carbocycles. The number of nitrogens with one attached hydrogen (secondary N) is 1.